The van der Waals surface area contributed by atoms with E-state index in [0.29, 0.717) is 22.7 Å². The molecule has 0 fully saturated rings. The molecule has 1 aromatic carbocycles. The Kier molecular flexibility index (Phi) is 2.07. The summed E-state index contributed by atoms with van der Waals surface area (Å²) in [6.07, 6.45) is 0. The van der Waals surface area contributed by atoms with Crippen molar-refractivity contribution >= 4 is 23.1 Å². The number of hydrogen-bond acceptors (Lipinski definition) is 4. The number of anilines is 2. The van der Waals surface area contributed by atoms with Crippen molar-refractivity contribution in [3.8, 4) is 5.75 Å². The molecule has 0 unspecified atom stereocenters. The molecule has 5 nitrogen and oxygen atoms in total. The van der Waals surface area contributed by atoms with Crippen molar-refractivity contribution in [2.45, 2.75) is 6.92 Å². The molecule has 0 aromatic heterocycles. The highest BCUT2D eigenvalue weighted by molar-refractivity contribution is 6.01. The molecular formula is C10H10N2O3. The van der Waals surface area contributed by atoms with Crippen LogP contribution in [0.15, 0.2) is 12.1 Å². The van der Waals surface area contributed by atoms with Crippen LogP contribution in [0.5, 0.6) is 5.75 Å². The van der Waals surface area contributed by atoms with Gasteiger partial charge in [-0.1, -0.05) is 0 Å². The lowest BCUT2D eigenvalue weighted by atomic mass is 10.1. The van der Waals surface area contributed by atoms with E-state index >= 15 is 0 Å². The maximum absolute atomic E-state index is 11.2. The monoisotopic (exact) mass is 206 g/mol. The van der Waals surface area contributed by atoms with Crippen LogP contribution < -0.4 is 15.8 Å². The standard InChI is InChI=1S/C10H10N2O3/c1-5(13)6-2-7(11)10-8(3-6)12-9(14)4-15-10/h2-3H,4,11H2,1H3,(H,12,14). The molecule has 0 bridgehead atoms. The summed E-state index contributed by atoms with van der Waals surface area (Å²) in [6, 6.07) is 3.10. The number of benzene rings is 1. The van der Waals surface area contributed by atoms with Crippen LogP contribution in [0.3, 0.4) is 0 Å². The van der Waals surface area contributed by atoms with Gasteiger partial charge in [-0.2, -0.15) is 0 Å². The van der Waals surface area contributed by atoms with Crippen LogP contribution in [-0.2, 0) is 4.79 Å². The third-order valence-electron chi connectivity index (χ3n) is 2.15. The van der Waals surface area contributed by atoms with E-state index in [0.717, 1.165) is 0 Å². The number of Topliss-reactive ketones (excluding diaryl/α,β-unsaturated/α-hetero) is 1. The predicted molar refractivity (Wildman–Crippen MR) is 55.0 cm³/mol. The number of rotatable bonds is 1. The maximum atomic E-state index is 11.2. The Balaban J connectivity index is 2.53. The van der Waals surface area contributed by atoms with Crippen LogP contribution in [0.25, 0.3) is 0 Å². The van der Waals surface area contributed by atoms with Gasteiger partial charge < -0.3 is 15.8 Å². The Morgan fingerprint density at radius 3 is 2.93 bits per heavy atom. The molecule has 5 heteroatoms. The molecule has 1 amide bonds. The number of nitrogen functional groups attached to an aromatic ring is 1. The van der Waals surface area contributed by atoms with Gasteiger partial charge in [0.05, 0.1) is 11.4 Å². The molecule has 0 radical (unpaired) electrons. The van der Waals surface area contributed by atoms with Gasteiger partial charge in [0.1, 0.15) is 0 Å². The van der Waals surface area contributed by atoms with Crippen molar-refractivity contribution in [3.63, 3.8) is 0 Å². The minimum absolute atomic E-state index is 0.0450. The molecule has 0 spiro atoms. The highest BCUT2D eigenvalue weighted by Crippen LogP contribution is 2.35. The molecule has 0 saturated carbocycles. The second-order valence-corrected chi connectivity index (χ2v) is 3.34. The zero-order chi connectivity index (χ0) is 11.0. The van der Waals surface area contributed by atoms with Crippen molar-refractivity contribution in [3.05, 3.63) is 17.7 Å². The summed E-state index contributed by atoms with van der Waals surface area (Å²) in [5.41, 5.74) is 6.97. The minimum atomic E-state index is -0.248. The lowest BCUT2D eigenvalue weighted by Gasteiger charge is -2.19. The van der Waals surface area contributed by atoms with E-state index in [1.807, 2.05) is 0 Å². The molecule has 0 aliphatic carbocycles. The van der Waals surface area contributed by atoms with Crippen LogP contribution in [0.4, 0.5) is 11.4 Å². The van der Waals surface area contributed by atoms with Gasteiger partial charge in [-0.3, -0.25) is 9.59 Å². The average Bonchev–Trinajstić information content (AvgIpc) is 2.16. The Labute approximate surface area is 86.2 Å². The fourth-order valence-corrected chi connectivity index (χ4v) is 1.43. The van der Waals surface area contributed by atoms with E-state index in [2.05, 4.69) is 5.32 Å². The second-order valence-electron chi connectivity index (χ2n) is 3.34. The smallest absolute Gasteiger partial charge is 0.262 e. The van der Waals surface area contributed by atoms with E-state index in [-0.39, 0.29) is 18.3 Å². The van der Waals surface area contributed by atoms with Crippen LogP contribution in [-0.4, -0.2) is 18.3 Å². The number of ketones is 1. The molecule has 1 aromatic rings. The summed E-state index contributed by atoms with van der Waals surface area (Å²) >= 11 is 0. The van der Waals surface area contributed by atoms with Gasteiger partial charge in [0.25, 0.3) is 5.91 Å². The van der Waals surface area contributed by atoms with E-state index < -0.39 is 0 Å². The van der Waals surface area contributed by atoms with Gasteiger partial charge in [-0.05, 0) is 19.1 Å². The molecule has 0 saturated heterocycles. The summed E-state index contributed by atoms with van der Waals surface area (Å²) in [7, 11) is 0. The van der Waals surface area contributed by atoms with Crippen molar-refractivity contribution in [1.82, 2.24) is 0 Å². The summed E-state index contributed by atoms with van der Waals surface area (Å²) in [5, 5.41) is 2.60. The SMILES string of the molecule is CC(=O)c1cc(N)c2c(c1)NC(=O)CO2. The Bertz CT molecular complexity index is 454. The Morgan fingerprint density at radius 2 is 2.27 bits per heavy atom. The molecule has 15 heavy (non-hydrogen) atoms. The number of hydrogen-bond donors (Lipinski definition) is 2. The zero-order valence-electron chi connectivity index (χ0n) is 8.16. The summed E-state index contributed by atoms with van der Waals surface area (Å²) in [6.45, 7) is 1.39. The topological polar surface area (TPSA) is 81.4 Å². The maximum Gasteiger partial charge on any atom is 0.262 e. The molecule has 1 aliphatic rings. The Hall–Kier alpha value is -2.04. The number of amides is 1. The van der Waals surface area contributed by atoms with Crippen LogP contribution in [0, 0.1) is 0 Å². The van der Waals surface area contributed by atoms with E-state index in [9.17, 15) is 9.59 Å². The lowest BCUT2D eigenvalue weighted by Crippen LogP contribution is -2.26. The Morgan fingerprint density at radius 1 is 1.53 bits per heavy atom. The number of nitrogens with two attached hydrogens (primary N) is 1. The molecule has 3 N–H and O–H groups in total. The number of carbonyl (C=O) groups is 2. The minimum Gasteiger partial charge on any atom is -0.479 e. The highest BCUT2D eigenvalue weighted by atomic mass is 16.5. The largest absolute Gasteiger partial charge is 0.479 e. The number of carbonyl (C=O) groups excluding carboxylic acids is 2. The third-order valence-corrected chi connectivity index (χ3v) is 2.15. The third kappa shape index (κ3) is 1.63. The highest BCUT2D eigenvalue weighted by Gasteiger charge is 2.19. The molecule has 2 rings (SSSR count). The zero-order valence-corrected chi connectivity index (χ0v) is 8.16. The van der Waals surface area contributed by atoms with Gasteiger partial charge >= 0.3 is 0 Å². The predicted octanol–water partition coefficient (Wildman–Crippen LogP) is 0.802. The van der Waals surface area contributed by atoms with Crippen LogP contribution in [0.1, 0.15) is 17.3 Å². The van der Waals surface area contributed by atoms with Gasteiger partial charge in [0.15, 0.2) is 18.1 Å². The molecule has 0 atom stereocenters. The first-order valence-corrected chi connectivity index (χ1v) is 4.45. The van der Waals surface area contributed by atoms with Gasteiger partial charge in [0, 0.05) is 5.56 Å². The second kappa shape index (κ2) is 3.27. The number of fused-ring (bicyclic) bond motifs is 1. The van der Waals surface area contributed by atoms with Crippen LogP contribution in [0.2, 0.25) is 0 Å². The molecule has 78 valence electrons. The van der Waals surface area contributed by atoms with E-state index in [4.69, 9.17) is 10.5 Å². The lowest BCUT2D eigenvalue weighted by molar-refractivity contribution is -0.118. The first-order valence-electron chi connectivity index (χ1n) is 4.45. The average molecular weight is 206 g/mol. The van der Waals surface area contributed by atoms with Crippen LogP contribution >= 0.6 is 0 Å². The van der Waals surface area contributed by atoms with Crippen molar-refractivity contribution in [2.24, 2.45) is 0 Å². The summed E-state index contributed by atoms with van der Waals surface area (Å²) < 4.78 is 5.15. The summed E-state index contributed by atoms with van der Waals surface area (Å²) in [4.78, 5) is 22.2. The molecule has 1 heterocycles. The summed E-state index contributed by atoms with van der Waals surface area (Å²) in [5.74, 6) is 0.0755. The van der Waals surface area contributed by atoms with Crippen molar-refractivity contribution in [1.29, 1.82) is 0 Å². The quantitative estimate of drug-likeness (QED) is 0.526. The fraction of sp³-hybridized carbons (Fsp3) is 0.200. The number of nitrogens with one attached hydrogen (secondary N) is 1. The van der Waals surface area contributed by atoms with Gasteiger partial charge in [-0.15, -0.1) is 0 Å². The van der Waals surface area contributed by atoms with Crippen molar-refractivity contribution < 1.29 is 14.3 Å². The normalized spacial score (nSPS) is 13.8. The molecular weight excluding hydrogens is 196 g/mol. The van der Waals surface area contributed by atoms with Gasteiger partial charge in [0.2, 0.25) is 0 Å². The van der Waals surface area contributed by atoms with Crippen molar-refractivity contribution in [2.75, 3.05) is 17.7 Å². The van der Waals surface area contributed by atoms with E-state index in [1.54, 1.807) is 12.1 Å². The fourth-order valence-electron chi connectivity index (χ4n) is 1.43. The number of ether oxygens (including phenoxy) is 1. The first-order chi connectivity index (χ1) is 7.08. The van der Waals surface area contributed by atoms with Gasteiger partial charge in [-0.25, -0.2) is 0 Å². The first kappa shape index (κ1) is 9.51. The molecule has 1 aliphatic heterocycles. The van der Waals surface area contributed by atoms with E-state index in [1.165, 1.54) is 6.92 Å².